The molecule has 0 spiro atoms. The maximum absolute atomic E-state index is 2.28. The molecule has 0 nitrogen and oxygen atoms in total. The molecule has 0 radical (unpaired) electrons. The summed E-state index contributed by atoms with van der Waals surface area (Å²) in [5.41, 5.74) is 2.95. The molecule has 0 bridgehead atoms. The van der Waals surface area contributed by atoms with E-state index in [1.54, 1.807) is 0 Å². The molecule has 1 rings (SSSR count). The second kappa shape index (κ2) is 2.20. The van der Waals surface area contributed by atoms with Gasteiger partial charge in [0.2, 0.25) is 0 Å². The first-order valence-electron chi connectivity index (χ1n) is 2.80. The van der Waals surface area contributed by atoms with Gasteiger partial charge in [0.15, 0.2) is 0 Å². The van der Waals surface area contributed by atoms with E-state index in [1.807, 2.05) is 0 Å². The van der Waals surface area contributed by atoms with Crippen LogP contribution in [-0.4, -0.2) is 0 Å². The summed E-state index contributed by atoms with van der Waals surface area (Å²) in [7, 11) is 0. The molecule has 8 heavy (non-hydrogen) atoms. The van der Waals surface area contributed by atoms with Gasteiger partial charge in [0, 0.05) is 0 Å². The Balaban J connectivity index is 2.88. The summed E-state index contributed by atoms with van der Waals surface area (Å²) in [6.07, 6.45) is 3.46. The van der Waals surface area contributed by atoms with Gasteiger partial charge >= 0.3 is 61.8 Å². The summed E-state index contributed by atoms with van der Waals surface area (Å²) < 4.78 is 1.53. The Bertz CT molecular complexity index is 158. The van der Waals surface area contributed by atoms with E-state index in [-0.39, 0.29) is 0 Å². The van der Waals surface area contributed by atoms with Gasteiger partial charge in [-0.3, -0.25) is 0 Å². The quantitative estimate of drug-likeness (QED) is 0.453. The van der Waals surface area contributed by atoms with Crippen molar-refractivity contribution < 1.29 is 20.4 Å². The van der Waals surface area contributed by atoms with Gasteiger partial charge in [0.25, 0.3) is 0 Å². The monoisotopic (exact) mass is 141 g/mol. The normalized spacial score (nSPS) is 19.4. The molecule has 0 aliphatic heterocycles. The van der Waals surface area contributed by atoms with Gasteiger partial charge in [-0.2, -0.15) is 0 Å². The van der Waals surface area contributed by atoms with Gasteiger partial charge < -0.3 is 0 Å². The average Bonchev–Trinajstić information content (AvgIpc) is 1.98. The summed E-state index contributed by atoms with van der Waals surface area (Å²) in [5, 5.41) is 0. The van der Waals surface area contributed by atoms with Crippen molar-refractivity contribution in [1.29, 1.82) is 0 Å². The molecule has 0 fully saturated rings. The van der Waals surface area contributed by atoms with Gasteiger partial charge in [-0.05, 0) is 0 Å². The second-order valence-corrected chi connectivity index (χ2v) is 3.14. The van der Waals surface area contributed by atoms with Crippen molar-refractivity contribution in [3.8, 4) is 0 Å². The van der Waals surface area contributed by atoms with Crippen molar-refractivity contribution >= 4 is 0 Å². The standard InChI is InChI=1S/C7H9.Ti/c1-6-4-3-5-7(6)2;/h4H,3H2,1-2H3;. The predicted molar refractivity (Wildman–Crippen MR) is 31.1 cm³/mol. The fourth-order valence-corrected chi connectivity index (χ4v) is 1.27. The third kappa shape index (κ3) is 0.960. The van der Waals surface area contributed by atoms with Crippen molar-refractivity contribution in [3.05, 3.63) is 21.1 Å². The summed E-state index contributed by atoms with van der Waals surface area (Å²) in [5.74, 6) is 0. The van der Waals surface area contributed by atoms with E-state index >= 15 is 0 Å². The average molecular weight is 141 g/mol. The van der Waals surface area contributed by atoms with E-state index in [9.17, 15) is 0 Å². The van der Waals surface area contributed by atoms with Crippen LogP contribution in [-0.2, 0) is 20.4 Å². The number of hydrogen-bond acceptors (Lipinski definition) is 0. The molecule has 0 amide bonds. The topological polar surface area (TPSA) is 0 Å². The second-order valence-electron chi connectivity index (χ2n) is 2.19. The van der Waals surface area contributed by atoms with E-state index in [0.717, 1.165) is 0 Å². The molecule has 0 atom stereocenters. The van der Waals surface area contributed by atoms with Gasteiger partial charge in [0.05, 0.1) is 0 Å². The van der Waals surface area contributed by atoms with Crippen LogP contribution in [0, 0.1) is 0 Å². The zero-order valence-corrected chi connectivity index (χ0v) is 6.85. The zero-order chi connectivity index (χ0) is 6.15. The van der Waals surface area contributed by atoms with E-state index in [4.69, 9.17) is 0 Å². The fourth-order valence-electron chi connectivity index (χ4n) is 0.799. The Morgan fingerprint density at radius 2 is 2.12 bits per heavy atom. The number of allylic oxidation sites excluding steroid dienone is 4. The molecule has 0 aromatic carbocycles. The van der Waals surface area contributed by atoms with E-state index in [2.05, 4.69) is 40.4 Å². The zero-order valence-electron chi connectivity index (χ0n) is 5.28. The first-order valence-corrected chi connectivity index (χ1v) is 3.58. The van der Waals surface area contributed by atoms with E-state index in [1.165, 1.54) is 21.4 Å². The molecule has 41 valence electrons. The number of hydrogen-bond donors (Lipinski definition) is 0. The molecule has 0 heterocycles. The number of rotatable bonds is 0. The molecule has 1 aliphatic carbocycles. The Labute approximate surface area is 62.1 Å². The molecule has 1 heteroatoms. The molecule has 0 unspecified atom stereocenters. The summed E-state index contributed by atoms with van der Waals surface area (Å²) in [6, 6.07) is 0. The van der Waals surface area contributed by atoms with Crippen molar-refractivity contribution in [2.45, 2.75) is 20.3 Å². The maximum atomic E-state index is 2.28. The van der Waals surface area contributed by atoms with Crippen molar-refractivity contribution in [2.75, 3.05) is 0 Å². The van der Waals surface area contributed by atoms with Crippen molar-refractivity contribution in [3.63, 3.8) is 0 Å². The van der Waals surface area contributed by atoms with Crippen LogP contribution in [0.25, 0.3) is 0 Å². The van der Waals surface area contributed by atoms with Crippen LogP contribution in [0.5, 0.6) is 0 Å². The van der Waals surface area contributed by atoms with Gasteiger partial charge in [-0.1, -0.05) is 0 Å². The van der Waals surface area contributed by atoms with Crippen LogP contribution >= 0.6 is 0 Å². The van der Waals surface area contributed by atoms with Gasteiger partial charge in [-0.15, -0.1) is 0 Å². The molecule has 0 saturated heterocycles. The van der Waals surface area contributed by atoms with Crippen LogP contribution in [0.4, 0.5) is 0 Å². The van der Waals surface area contributed by atoms with Crippen LogP contribution in [0.2, 0.25) is 0 Å². The molecule has 0 aromatic rings. The van der Waals surface area contributed by atoms with Crippen molar-refractivity contribution in [2.24, 2.45) is 0 Å². The summed E-state index contributed by atoms with van der Waals surface area (Å²) >= 11 is 2.20. The van der Waals surface area contributed by atoms with E-state index < -0.39 is 0 Å². The molecular formula is C7H9Ti. The van der Waals surface area contributed by atoms with Crippen LogP contribution in [0.1, 0.15) is 20.3 Å². The van der Waals surface area contributed by atoms with Gasteiger partial charge in [0.1, 0.15) is 0 Å². The minimum absolute atomic E-state index is 1.18. The Hall–Kier alpha value is 0.194. The van der Waals surface area contributed by atoms with Crippen LogP contribution < -0.4 is 0 Å². The van der Waals surface area contributed by atoms with Crippen LogP contribution in [0.3, 0.4) is 0 Å². The third-order valence-corrected chi connectivity index (χ3v) is 2.56. The van der Waals surface area contributed by atoms with E-state index in [0.29, 0.717) is 0 Å². The molecule has 0 saturated carbocycles. The first-order chi connectivity index (χ1) is 3.72. The SMILES string of the molecule is CC1=CC[C]([Ti])=C1C. The molecule has 0 N–H and O–H groups in total. The third-order valence-electron chi connectivity index (χ3n) is 1.66. The van der Waals surface area contributed by atoms with Gasteiger partial charge in [-0.25, -0.2) is 0 Å². The Kier molecular flexibility index (Phi) is 1.74. The summed E-state index contributed by atoms with van der Waals surface area (Å²) in [6.45, 7) is 4.36. The summed E-state index contributed by atoms with van der Waals surface area (Å²) in [4.78, 5) is 0. The fraction of sp³-hybridized carbons (Fsp3) is 0.429. The van der Waals surface area contributed by atoms with Crippen molar-refractivity contribution in [1.82, 2.24) is 0 Å². The molecular weight excluding hydrogens is 132 g/mol. The Morgan fingerprint density at radius 3 is 2.25 bits per heavy atom. The molecule has 0 aromatic heterocycles. The predicted octanol–water partition coefficient (Wildman–Crippen LogP) is 2.16. The Morgan fingerprint density at radius 1 is 1.50 bits per heavy atom. The van der Waals surface area contributed by atoms with Crippen LogP contribution in [0.15, 0.2) is 21.1 Å². The molecule has 1 aliphatic rings. The minimum atomic E-state index is 1.18. The first kappa shape index (κ1) is 6.32.